The third-order valence-electron chi connectivity index (χ3n) is 1.99. The van der Waals surface area contributed by atoms with Crippen LogP contribution in [0.3, 0.4) is 0 Å². The first kappa shape index (κ1) is 4.77. The molecule has 45 valence electrons. The van der Waals surface area contributed by atoms with Crippen LogP contribution in [0.15, 0.2) is 0 Å². The number of ether oxygens (including phenoxy) is 1. The summed E-state index contributed by atoms with van der Waals surface area (Å²) in [7, 11) is 0. The van der Waals surface area contributed by atoms with Crippen molar-refractivity contribution in [3.8, 4) is 0 Å². The molecule has 2 heterocycles. The molecule has 1 unspecified atom stereocenters. The summed E-state index contributed by atoms with van der Waals surface area (Å²) in [6.07, 6.45) is 2.35. The molecule has 0 saturated carbocycles. The largest absolute Gasteiger partial charge is 0.367 e. The Labute approximate surface area is 49.2 Å². The van der Waals surface area contributed by atoms with Crippen LogP contribution in [0.5, 0.6) is 0 Å². The van der Waals surface area contributed by atoms with Gasteiger partial charge in [0, 0.05) is 13.0 Å². The lowest BCUT2D eigenvalue weighted by atomic mass is 9.94. The molecule has 1 N–H and O–H groups in total. The molecule has 0 amide bonds. The maximum absolute atomic E-state index is 5.29. The summed E-state index contributed by atoms with van der Waals surface area (Å²) < 4.78 is 5.29. The molecule has 2 heteroatoms. The molecule has 2 nitrogen and oxygen atoms in total. The van der Waals surface area contributed by atoms with Gasteiger partial charge < -0.3 is 10.1 Å². The SMILES string of the molecule is [CH]1CC2(CCNC2)O1. The van der Waals surface area contributed by atoms with Crippen molar-refractivity contribution in [2.75, 3.05) is 13.1 Å². The standard InChI is InChI=1S/C6H10NO/c1-3-7-5-6(1)2-4-8-6/h4,7H,1-3,5H2. The van der Waals surface area contributed by atoms with Crippen LogP contribution in [0.1, 0.15) is 12.8 Å². The van der Waals surface area contributed by atoms with Crippen LogP contribution in [-0.2, 0) is 4.74 Å². The number of nitrogens with one attached hydrogen (secondary N) is 1. The lowest BCUT2D eigenvalue weighted by Gasteiger charge is -2.36. The van der Waals surface area contributed by atoms with E-state index < -0.39 is 0 Å². The van der Waals surface area contributed by atoms with Crippen LogP contribution in [0.2, 0.25) is 0 Å². The van der Waals surface area contributed by atoms with Gasteiger partial charge in [-0.05, 0) is 13.0 Å². The Morgan fingerprint density at radius 3 is 2.75 bits per heavy atom. The number of hydrogen-bond donors (Lipinski definition) is 1. The van der Waals surface area contributed by atoms with E-state index in [2.05, 4.69) is 5.32 Å². The Morgan fingerprint density at radius 2 is 2.50 bits per heavy atom. The fourth-order valence-corrected chi connectivity index (χ4v) is 1.31. The smallest absolute Gasteiger partial charge is 0.0874 e. The summed E-state index contributed by atoms with van der Waals surface area (Å²) in [6.45, 7) is 4.09. The Morgan fingerprint density at radius 1 is 1.62 bits per heavy atom. The molecule has 2 rings (SSSR count). The van der Waals surface area contributed by atoms with Crippen molar-refractivity contribution in [3.63, 3.8) is 0 Å². The first-order valence-electron chi connectivity index (χ1n) is 3.12. The summed E-state index contributed by atoms with van der Waals surface area (Å²) in [5, 5.41) is 3.27. The van der Waals surface area contributed by atoms with E-state index in [0.717, 1.165) is 19.5 Å². The highest BCUT2D eigenvalue weighted by atomic mass is 16.5. The highest BCUT2D eigenvalue weighted by molar-refractivity contribution is 4.99. The van der Waals surface area contributed by atoms with Gasteiger partial charge in [-0.25, -0.2) is 0 Å². The maximum atomic E-state index is 5.29. The zero-order valence-corrected chi connectivity index (χ0v) is 4.81. The third-order valence-corrected chi connectivity index (χ3v) is 1.99. The minimum absolute atomic E-state index is 0.250. The van der Waals surface area contributed by atoms with Gasteiger partial charge in [0.15, 0.2) is 0 Å². The van der Waals surface area contributed by atoms with Crippen LogP contribution >= 0.6 is 0 Å². The second-order valence-electron chi connectivity index (χ2n) is 2.60. The van der Waals surface area contributed by atoms with Gasteiger partial charge in [-0.1, -0.05) is 0 Å². The van der Waals surface area contributed by atoms with Crippen molar-refractivity contribution >= 4 is 0 Å². The third kappa shape index (κ3) is 0.501. The normalized spacial score (nSPS) is 45.0. The predicted molar refractivity (Wildman–Crippen MR) is 30.2 cm³/mol. The molecule has 0 aromatic heterocycles. The van der Waals surface area contributed by atoms with Crippen LogP contribution in [0.4, 0.5) is 0 Å². The minimum Gasteiger partial charge on any atom is -0.367 e. The Bertz CT molecular complexity index is 90.7. The molecule has 2 aliphatic heterocycles. The van der Waals surface area contributed by atoms with E-state index in [-0.39, 0.29) is 5.60 Å². The van der Waals surface area contributed by atoms with Gasteiger partial charge >= 0.3 is 0 Å². The number of hydrogen-bond acceptors (Lipinski definition) is 2. The van der Waals surface area contributed by atoms with Gasteiger partial charge in [-0.15, -0.1) is 0 Å². The van der Waals surface area contributed by atoms with Crippen molar-refractivity contribution in [2.24, 2.45) is 0 Å². The first-order chi connectivity index (χ1) is 3.91. The van der Waals surface area contributed by atoms with E-state index in [1.54, 1.807) is 0 Å². The molecular formula is C6H10NO. The second-order valence-corrected chi connectivity index (χ2v) is 2.60. The van der Waals surface area contributed by atoms with Gasteiger partial charge in [0.2, 0.25) is 0 Å². The summed E-state index contributed by atoms with van der Waals surface area (Å²) in [4.78, 5) is 0. The van der Waals surface area contributed by atoms with E-state index in [1.807, 2.05) is 6.61 Å². The monoisotopic (exact) mass is 112 g/mol. The van der Waals surface area contributed by atoms with Crippen molar-refractivity contribution in [1.29, 1.82) is 0 Å². The number of rotatable bonds is 0. The maximum Gasteiger partial charge on any atom is 0.0874 e. The quantitative estimate of drug-likeness (QED) is 0.486. The van der Waals surface area contributed by atoms with E-state index in [9.17, 15) is 0 Å². The minimum atomic E-state index is 0.250. The van der Waals surface area contributed by atoms with Crippen LogP contribution < -0.4 is 5.32 Å². The van der Waals surface area contributed by atoms with Crippen LogP contribution in [-0.4, -0.2) is 18.7 Å². The van der Waals surface area contributed by atoms with Crippen molar-refractivity contribution in [1.82, 2.24) is 5.32 Å². The lowest BCUT2D eigenvalue weighted by molar-refractivity contribution is -0.0807. The Kier molecular flexibility index (Phi) is 0.866. The van der Waals surface area contributed by atoms with E-state index in [1.165, 1.54) is 6.42 Å². The molecule has 2 fully saturated rings. The topological polar surface area (TPSA) is 21.3 Å². The van der Waals surface area contributed by atoms with E-state index in [0.29, 0.717) is 0 Å². The summed E-state index contributed by atoms with van der Waals surface area (Å²) in [5.74, 6) is 0. The Hall–Kier alpha value is -0.0800. The summed E-state index contributed by atoms with van der Waals surface area (Å²) in [6, 6.07) is 0. The lowest BCUT2D eigenvalue weighted by Crippen LogP contribution is -2.42. The highest BCUT2D eigenvalue weighted by Gasteiger charge is 2.41. The van der Waals surface area contributed by atoms with Crippen LogP contribution in [0.25, 0.3) is 0 Å². The average molecular weight is 112 g/mol. The predicted octanol–water partition coefficient (Wildman–Crippen LogP) is 0.301. The molecule has 2 aliphatic rings. The molecular weight excluding hydrogens is 102 g/mol. The molecule has 0 aromatic carbocycles. The zero-order chi connectivity index (χ0) is 5.45. The molecule has 0 aromatic rings. The summed E-state index contributed by atoms with van der Waals surface area (Å²) in [5.41, 5.74) is 0.250. The van der Waals surface area contributed by atoms with E-state index in [4.69, 9.17) is 4.74 Å². The van der Waals surface area contributed by atoms with E-state index >= 15 is 0 Å². The molecule has 1 radical (unpaired) electrons. The van der Waals surface area contributed by atoms with Crippen molar-refractivity contribution in [3.05, 3.63) is 6.61 Å². The zero-order valence-electron chi connectivity index (χ0n) is 4.81. The van der Waals surface area contributed by atoms with Gasteiger partial charge in [0.05, 0.1) is 12.2 Å². The molecule has 0 aliphatic carbocycles. The average Bonchev–Trinajstić information content (AvgIpc) is 2.07. The molecule has 1 atom stereocenters. The van der Waals surface area contributed by atoms with Gasteiger partial charge in [-0.2, -0.15) is 0 Å². The molecule has 2 saturated heterocycles. The van der Waals surface area contributed by atoms with Crippen molar-refractivity contribution in [2.45, 2.75) is 18.4 Å². The highest BCUT2D eigenvalue weighted by Crippen LogP contribution is 2.34. The summed E-state index contributed by atoms with van der Waals surface area (Å²) >= 11 is 0. The molecule has 0 bridgehead atoms. The first-order valence-corrected chi connectivity index (χ1v) is 3.12. The fourth-order valence-electron chi connectivity index (χ4n) is 1.31. The fraction of sp³-hybridized carbons (Fsp3) is 0.833. The molecule has 1 spiro atoms. The Balaban J connectivity index is 2.01. The van der Waals surface area contributed by atoms with Crippen molar-refractivity contribution < 1.29 is 4.74 Å². The second kappa shape index (κ2) is 1.45. The van der Waals surface area contributed by atoms with Crippen LogP contribution in [0, 0.1) is 6.61 Å². The van der Waals surface area contributed by atoms with Gasteiger partial charge in [0.25, 0.3) is 0 Å². The molecule has 8 heavy (non-hydrogen) atoms. The van der Waals surface area contributed by atoms with Gasteiger partial charge in [-0.3, -0.25) is 0 Å². The van der Waals surface area contributed by atoms with Gasteiger partial charge in [0.1, 0.15) is 0 Å².